The van der Waals surface area contributed by atoms with Crippen molar-refractivity contribution in [3.8, 4) is 0 Å². The van der Waals surface area contributed by atoms with Crippen molar-refractivity contribution >= 4 is 12.1 Å². The molecule has 1 saturated heterocycles. The predicted molar refractivity (Wildman–Crippen MR) is 60.0 cm³/mol. The lowest BCUT2D eigenvalue weighted by atomic mass is 10.0. The number of hydrogen-bond acceptors (Lipinski definition) is 4. The molecule has 18 heavy (non-hydrogen) atoms. The third-order valence-corrected chi connectivity index (χ3v) is 2.28. The summed E-state index contributed by atoms with van der Waals surface area (Å²) < 4.78 is 23.3. The van der Waals surface area contributed by atoms with Gasteiger partial charge in [0.25, 0.3) is 0 Å². The number of ether oxygens (including phenoxy) is 2. The summed E-state index contributed by atoms with van der Waals surface area (Å²) in [6.45, 7) is 5.09. The van der Waals surface area contributed by atoms with Crippen molar-refractivity contribution in [2.24, 2.45) is 0 Å². The van der Waals surface area contributed by atoms with Gasteiger partial charge in [-0.25, -0.2) is 14.0 Å². The molecule has 104 valence electrons. The standard InChI is InChI=1S/C11H18FNO5/c1-11(2,3)18-10(16)13-6-4-7(12)8(9(14)15)17-5-6/h6-8H,4-5H2,1-3H3,(H,13,16)(H,14,15)/t6-,7+,8+/m1/s1. The molecular formula is C11H18FNO5. The van der Waals surface area contributed by atoms with E-state index >= 15 is 0 Å². The predicted octanol–water partition coefficient (Wildman–Crippen LogP) is 1.09. The lowest BCUT2D eigenvalue weighted by Crippen LogP contribution is -2.50. The zero-order valence-corrected chi connectivity index (χ0v) is 10.6. The lowest BCUT2D eigenvalue weighted by molar-refractivity contribution is -0.160. The second-order valence-corrected chi connectivity index (χ2v) is 5.19. The summed E-state index contributed by atoms with van der Waals surface area (Å²) in [7, 11) is 0. The van der Waals surface area contributed by atoms with Gasteiger partial charge < -0.3 is 19.9 Å². The monoisotopic (exact) mass is 263 g/mol. The van der Waals surface area contributed by atoms with Crippen molar-refractivity contribution in [3.05, 3.63) is 0 Å². The number of aliphatic carboxylic acids is 1. The molecule has 1 heterocycles. The zero-order chi connectivity index (χ0) is 13.9. The van der Waals surface area contributed by atoms with E-state index in [9.17, 15) is 14.0 Å². The largest absolute Gasteiger partial charge is 0.479 e. The van der Waals surface area contributed by atoms with Crippen molar-refractivity contribution in [3.63, 3.8) is 0 Å². The molecular weight excluding hydrogens is 245 g/mol. The van der Waals surface area contributed by atoms with Crippen LogP contribution in [0.1, 0.15) is 27.2 Å². The molecule has 6 nitrogen and oxygen atoms in total. The minimum Gasteiger partial charge on any atom is -0.479 e. The molecule has 0 unspecified atom stereocenters. The highest BCUT2D eigenvalue weighted by atomic mass is 19.1. The highest BCUT2D eigenvalue weighted by molar-refractivity contribution is 5.73. The molecule has 0 aromatic carbocycles. The molecule has 1 fully saturated rings. The van der Waals surface area contributed by atoms with Gasteiger partial charge in [-0.1, -0.05) is 0 Å². The third kappa shape index (κ3) is 4.48. The molecule has 7 heteroatoms. The number of halogens is 1. The average molecular weight is 263 g/mol. The Balaban J connectivity index is 2.43. The molecule has 0 aliphatic carbocycles. The molecule has 2 N–H and O–H groups in total. The maximum absolute atomic E-state index is 13.4. The molecule has 0 radical (unpaired) electrons. The number of alkyl carbamates (subject to hydrolysis) is 1. The van der Waals surface area contributed by atoms with E-state index in [0.717, 1.165) is 0 Å². The van der Waals surface area contributed by atoms with Crippen LogP contribution in [0.5, 0.6) is 0 Å². The maximum atomic E-state index is 13.4. The molecule has 0 aromatic rings. The first kappa shape index (κ1) is 14.7. The molecule has 1 rings (SSSR count). The Labute approximate surface area is 104 Å². The molecule has 1 aliphatic heterocycles. The SMILES string of the molecule is CC(C)(C)OC(=O)N[C@H]1CO[C@H](C(=O)O)[C@@H](F)C1. The van der Waals surface area contributed by atoms with Crippen LogP contribution in [0, 0.1) is 0 Å². The third-order valence-electron chi connectivity index (χ3n) is 2.28. The fraction of sp³-hybridized carbons (Fsp3) is 0.818. The number of amides is 1. The summed E-state index contributed by atoms with van der Waals surface area (Å²) >= 11 is 0. The van der Waals surface area contributed by atoms with E-state index in [1.54, 1.807) is 20.8 Å². The normalized spacial score (nSPS) is 28.6. The van der Waals surface area contributed by atoms with E-state index in [1.807, 2.05) is 0 Å². The van der Waals surface area contributed by atoms with Crippen LogP contribution in [0.25, 0.3) is 0 Å². The van der Waals surface area contributed by atoms with Crippen LogP contribution < -0.4 is 5.32 Å². The number of nitrogens with one attached hydrogen (secondary N) is 1. The molecule has 3 atom stereocenters. The van der Waals surface area contributed by atoms with Gasteiger partial charge in [-0.05, 0) is 20.8 Å². The van der Waals surface area contributed by atoms with Gasteiger partial charge in [0, 0.05) is 6.42 Å². The fourth-order valence-corrected chi connectivity index (χ4v) is 1.59. The topological polar surface area (TPSA) is 84.9 Å². The highest BCUT2D eigenvalue weighted by Crippen LogP contribution is 2.18. The van der Waals surface area contributed by atoms with Gasteiger partial charge in [-0.3, -0.25) is 0 Å². The van der Waals surface area contributed by atoms with Crippen molar-refractivity contribution in [2.45, 2.75) is 51.1 Å². The first-order chi connectivity index (χ1) is 8.19. The molecule has 1 amide bonds. The van der Waals surface area contributed by atoms with Crippen molar-refractivity contribution < 1.29 is 28.6 Å². The molecule has 0 aromatic heterocycles. The van der Waals surface area contributed by atoms with E-state index in [4.69, 9.17) is 14.6 Å². The second-order valence-electron chi connectivity index (χ2n) is 5.19. The summed E-state index contributed by atoms with van der Waals surface area (Å²) in [5.41, 5.74) is -0.641. The van der Waals surface area contributed by atoms with Crippen LogP contribution in [0.4, 0.5) is 9.18 Å². The second kappa shape index (κ2) is 5.51. The number of hydrogen-bond donors (Lipinski definition) is 2. The number of carbonyl (C=O) groups is 2. The Morgan fingerprint density at radius 1 is 1.44 bits per heavy atom. The van der Waals surface area contributed by atoms with Crippen LogP contribution in [0.2, 0.25) is 0 Å². The van der Waals surface area contributed by atoms with Gasteiger partial charge in [0.05, 0.1) is 12.6 Å². The smallest absolute Gasteiger partial charge is 0.407 e. The summed E-state index contributed by atoms with van der Waals surface area (Å²) in [6, 6.07) is -0.578. The van der Waals surface area contributed by atoms with Gasteiger partial charge in [0.15, 0.2) is 6.10 Å². The van der Waals surface area contributed by atoms with E-state index in [0.29, 0.717) is 0 Å². The minimum absolute atomic E-state index is 0.0450. The van der Waals surface area contributed by atoms with Crippen LogP contribution in [0.3, 0.4) is 0 Å². The van der Waals surface area contributed by atoms with Crippen LogP contribution in [-0.4, -0.2) is 47.7 Å². The summed E-state index contributed by atoms with van der Waals surface area (Å²) in [5, 5.41) is 11.1. The maximum Gasteiger partial charge on any atom is 0.407 e. The van der Waals surface area contributed by atoms with Gasteiger partial charge >= 0.3 is 12.1 Å². The Hall–Kier alpha value is -1.37. The van der Waals surface area contributed by atoms with Crippen molar-refractivity contribution in [1.29, 1.82) is 0 Å². The summed E-state index contributed by atoms with van der Waals surface area (Å²) in [4.78, 5) is 22.0. The lowest BCUT2D eigenvalue weighted by Gasteiger charge is -2.30. The average Bonchev–Trinajstić information content (AvgIpc) is 2.13. The van der Waals surface area contributed by atoms with Gasteiger partial charge in [-0.2, -0.15) is 0 Å². The Morgan fingerprint density at radius 3 is 2.50 bits per heavy atom. The number of rotatable bonds is 2. The fourth-order valence-electron chi connectivity index (χ4n) is 1.59. The molecule has 0 saturated carbocycles. The number of carbonyl (C=O) groups excluding carboxylic acids is 1. The quantitative estimate of drug-likeness (QED) is 0.779. The Bertz CT molecular complexity index is 328. The summed E-state index contributed by atoms with van der Waals surface area (Å²) in [6.07, 6.45) is -3.87. The van der Waals surface area contributed by atoms with Gasteiger partial charge in [-0.15, -0.1) is 0 Å². The molecule has 0 spiro atoms. The van der Waals surface area contributed by atoms with Gasteiger partial charge in [0.2, 0.25) is 0 Å². The van der Waals surface area contributed by atoms with Crippen molar-refractivity contribution in [1.82, 2.24) is 5.32 Å². The van der Waals surface area contributed by atoms with Crippen LogP contribution in [-0.2, 0) is 14.3 Å². The number of carboxylic acid groups (broad SMARTS) is 1. The Morgan fingerprint density at radius 2 is 2.06 bits per heavy atom. The van der Waals surface area contributed by atoms with E-state index in [1.165, 1.54) is 0 Å². The van der Waals surface area contributed by atoms with E-state index in [-0.39, 0.29) is 13.0 Å². The number of alkyl halides is 1. The summed E-state index contributed by atoms with van der Waals surface area (Å²) in [5.74, 6) is -1.33. The van der Waals surface area contributed by atoms with Crippen LogP contribution >= 0.6 is 0 Å². The number of carboxylic acids is 1. The highest BCUT2D eigenvalue weighted by Gasteiger charge is 2.37. The van der Waals surface area contributed by atoms with E-state index < -0.39 is 36.0 Å². The molecule has 1 aliphatic rings. The van der Waals surface area contributed by atoms with E-state index in [2.05, 4.69) is 5.32 Å². The van der Waals surface area contributed by atoms with Crippen LogP contribution in [0.15, 0.2) is 0 Å². The Kier molecular flexibility index (Phi) is 4.50. The zero-order valence-electron chi connectivity index (χ0n) is 10.6. The first-order valence-electron chi connectivity index (χ1n) is 5.67. The van der Waals surface area contributed by atoms with Gasteiger partial charge in [0.1, 0.15) is 11.8 Å². The van der Waals surface area contributed by atoms with Crippen molar-refractivity contribution in [2.75, 3.05) is 6.61 Å². The first-order valence-corrected chi connectivity index (χ1v) is 5.67. The minimum atomic E-state index is -1.64. The molecule has 0 bridgehead atoms.